The maximum atomic E-state index is 12.5. The predicted octanol–water partition coefficient (Wildman–Crippen LogP) is 3.32. The first-order valence-corrected chi connectivity index (χ1v) is 9.22. The molecule has 0 saturated carbocycles. The first-order chi connectivity index (χ1) is 13.2. The van der Waals surface area contributed by atoms with Gasteiger partial charge in [-0.15, -0.1) is 0 Å². The quantitative estimate of drug-likeness (QED) is 0.755. The Morgan fingerprint density at radius 3 is 2.56 bits per heavy atom. The van der Waals surface area contributed by atoms with Gasteiger partial charge >= 0.3 is 5.97 Å². The summed E-state index contributed by atoms with van der Waals surface area (Å²) < 4.78 is 15.9. The lowest BCUT2D eigenvalue weighted by atomic mass is 10.1. The number of esters is 1. The molecule has 1 N–H and O–H groups in total. The zero-order valence-electron chi connectivity index (χ0n) is 15.9. The largest absolute Gasteiger partial charge is 0.497 e. The van der Waals surface area contributed by atoms with Crippen LogP contribution in [0.5, 0.6) is 5.75 Å². The zero-order chi connectivity index (χ0) is 19.1. The Hall–Kier alpha value is -2.73. The molecule has 3 rings (SSSR count). The molecule has 27 heavy (non-hydrogen) atoms. The highest BCUT2D eigenvalue weighted by Gasteiger charge is 2.20. The third kappa shape index (κ3) is 4.92. The van der Waals surface area contributed by atoms with Crippen LogP contribution >= 0.6 is 0 Å². The topological polar surface area (TPSA) is 60.0 Å². The summed E-state index contributed by atoms with van der Waals surface area (Å²) in [5, 5.41) is 3.37. The maximum Gasteiger partial charge on any atom is 0.340 e. The van der Waals surface area contributed by atoms with Crippen molar-refractivity contribution in [2.45, 2.75) is 13.5 Å². The summed E-state index contributed by atoms with van der Waals surface area (Å²) in [4.78, 5) is 14.7. The lowest BCUT2D eigenvalue weighted by Gasteiger charge is -2.30. The van der Waals surface area contributed by atoms with Crippen molar-refractivity contribution < 1.29 is 19.0 Å². The summed E-state index contributed by atoms with van der Waals surface area (Å²) in [7, 11) is 1.65. The van der Waals surface area contributed by atoms with E-state index in [9.17, 15) is 4.79 Å². The SMILES string of the molecule is CCOC(=O)c1cc(NCc2ccc(OC)cc2)ccc1N1CCOCC1. The molecule has 0 aliphatic carbocycles. The summed E-state index contributed by atoms with van der Waals surface area (Å²) in [6.45, 7) is 5.70. The van der Waals surface area contributed by atoms with Crippen LogP contribution in [-0.2, 0) is 16.0 Å². The van der Waals surface area contributed by atoms with E-state index in [1.807, 2.05) is 49.4 Å². The Bertz CT molecular complexity index is 755. The van der Waals surface area contributed by atoms with E-state index in [-0.39, 0.29) is 5.97 Å². The number of methoxy groups -OCH3 is 1. The van der Waals surface area contributed by atoms with Gasteiger partial charge in [-0.05, 0) is 42.8 Å². The molecular formula is C21H26N2O4. The van der Waals surface area contributed by atoms with Gasteiger partial charge in [0.05, 0.1) is 38.2 Å². The average Bonchev–Trinajstić information content (AvgIpc) is 2.73. The lowest BCUT2D eigenvalue weighted by Crippen LogP contribution is -2.37. The van der Waals surface area contributed by atoms with E-state index in [1.165, 1.54) is 0 Å². The number of nitrogens with zero attached hydrogens (tertiary/aromatic N) is 1. The van der Waals surface area contributed by atoms with E-state index in [0.29, 0.717) is 31.9 Å². The van der Waals surface area contributed by atoms with Crippen LogP contribution in [0.3, 0.4) is 0 Å². The van der Waals surface area contributed by atoms with Crippen molar-refractivity contribution in [2.24, 2.45) is 0 Å². The molecule has 2 aromatic carbocycles. The van der Waals surface area contributed by atoms with Crippen molar-refractivity contribution in [3.05, 3.63) is 53.6 Å². The molecule has 1 aliphatic rings. The lowest BCUT2D eigenvalue weighted by molar-refractivity contribution is 0.0526. The Morgan fingerprint density at radius 1 is 1.15 bits per heavy atom. The van der Waals surface area contributed by atoms with Gasteiger partial charge in [-0.3, -0.25) is 0 Å². The highest BCUT2D eigenvalue weighted by atomic mass is 16.5. The van der Waals surface area contributed by atoms with E-state index in [0.717, 1.165) is 35.8 Å². The number of benzene rings is 2. The molecule has 0 spiro atoms. The molecule has 0 bridgehead atoms. The van der Waals surface area contributed by atoms with Crippen LogP contribution in [-0.4, -0.2) is 46.0 Å². The minimum atomic E-state index is -0.299. The van der Waals surface area contributed by atoms with Gasteiger partial charge in [0, 0.05) is 25.3 Å². The first kappa shape index (κ1) is 19.0. The fourth-order valence-electron chi connectivity index (χ4n) is 3.05. The third-order valence-electron chi connectivity index (χ3n) is 4.50. The summed E-state index contributed by atoms with van der Waals surface area (Å²) in [5.41, 5.74) is 3.49. The number of hydrogen-bond acceptors (Lipinski definition) is 6. The van der Waals surface area contributed by atoms with Crippen molar-refractivity contribution in [3.63, 3.8) is 0 Å². The van der Waals surface area contributed by atoms with Gasteiger partial charge in [-0.2, -0.15) is 0 Å². The number of carbonyl (C=O) groups is 1. The van der Waals surface area contributed by atoms with Gasteiger partial charge in [0.15, 0.2) is 0 Å². The van der Waals surface area contributed by atoms with Crippen molar-refractivity contribution in [1.82, 2.24) is 0 Å². The Labute approximate surface area is 160 Å². The number of nitrogens with one attached hydrogen (secondary N) is 1. The summed E-state index contributed by atoms with van der Waals surface area (Å²) >= 11 is 0. The maximum absolute atomic E-state index is 12.5. The third-order valence-corrected chi connectivity index (χ3v) is 4.50. The molecular weight excluding hydrogens is 344 g/mol. The molecule has 1 heterocycles. The molecule has 144 valence electrons. The minimum absolute atomic E-state index is 0.299. The van der Waals surface area contributed by atoms with Crippen molar-refractivity contribution in [2.75, 3.05) is 50.2 Å². The van der Waals surface area contributed by atoms with E-state index >= 15 is 0 Å². The summed E-state index contributed by atoms with van der Waals surface area (Å²) in [6.07, 6.45) is 0. The Kier molecular flexibility index (Phi) is 6.54. The van der Waals surface area contributed by atoms with Crippen LogP contribution in [0.25, 0.3) is 0 Å². The Balaban J connectivity index is 1.76. The number of rotatable bonds is 7. The van der Waals surface area contributed by atoms with E-state index in [4.69, 9.17) is 14.2 Å². The summed E-state index contributed by atoms with van der Waals surface area (Å²) in [5.74, 6) is 0.533. The molecule has 2 aromatic rings. The fraction of sp³-hybridized carbons (Fsp3) is 0.381. The monoisotopic (exact) mass is 370 g/mol. The molecule has 0 atom stereocenters. The normalized spacial score (nSPS) is 13.9. The van der Waals surface area contributed by atoms with Crippen molar-refractivity contribution >= 4 is 17.3 Å². The second-order valence-electron chi connectivity index (χ2n) is 6.25. The van der Waals surface area contributed by atoms with Gasteiger partial charge in [0.25, 0.3) is 0 Å². The van der Waals surface area contributed by atoms with Crippen LogP contribution < -0.4 is 15.0 Å². The Morgan fingerprint density at radius 2 is 1.89 bits per heavy atom. The second kappa shape index (κ2) is 9.28. The van der Waals surface area contributed by atoms with Gasteiger partial charge in [-0.1, -0.05) is 12.1 Å². The van der Waals surface area contributed by atoms with Crippen LogP contribution in [0.2, 0.25) is 0 Å². The predicted molar refractivity (Wildman–Crippen MR) is 106 cm³/mol. The molecule has 1 fully saturated rings. The molecule has 1 saturated heterocycles. The highest BCUT2D eigenvalue weighted by molar-refractivity contribution is 5.97. The van der Waals surface area contributed by atoms with Gasteiger partial charge in [-0.25, -0.2) is 4.79 Å². The van der Waals surface area contributed by atoms with Gasteiger partial charge < -0.3 is 24.4 Å². The molecule has 6 heteroatoms. The molecule has 0 unspecified atom stereocenters. The van der Waals surface area contributed by atoms with Gasteiger partial charge in [0.1, 0.15) is 5.75 Å². The zero-order valence-corrected chi connectivity index (χ0v) is 15.9. The van der Waals surface area contributed by atoms with E-state index in [1.54, 1.807) is 7.11 Å². The van der Waals surface area contributed by atoms with Crippen LogP contribution in [0.1, 0.15) is 22.8 Å². The molecule has 0 amide bonds. The number of hydrogen-bond donors (Lipinski definition) is 1. The summed E-state index contributed by atoms with van der Waals surface area (Å²) in [6, 6.07) is 13.7. The fourth-order valence-corrected chi connectivity index (χ4v) is 3.05. The van der Waals surface area contributed by atoms with Crippen molar-refractivity contribution in [3.8, 4) is 5.75 Å². The molecule has 1 aliphatic heterocycles. The molecule has 6 nitrogen and oxygen atoms in total. The second-order valence-corrected chi connectivity index (χ2v) is 6.25. The van der Waals surface area contributed by atoms with E-state index < -0.39 is 0 Å². The van der Waals surface area contributed by atoms with Gasteiger partial charge in [0.2, 0.25) is 0 Å². The number of anilines is 2. The number of carbonyl (C=O) groups excluding carboxylic acids is 1. The van der Waals surface area contributed by atoms with Crippen LogP contribution in [0, 0.1) is 0 Å². The first-order valence-electron chi connectivity index (χ1n) is 9.22. The van der Waals surface area contributed by atoms with Crippen molar-refractivity contribution in [1.29, 1.82) is 0 Å². The smallest absolute Gasteiger partial charge is 0.340 e. The number of morpholine rings is 1. The van der Waals surface area contributed by atoms with E-state index in [2.05, 4.69) is 10.2 Å². The molecule has 0 aromatic heterocycles. The minimum Gasteiger partial charge on any atom is -0.497 e. The average molecular weight is 370 g/mol. The standard InChI is InChI=1S/C21H26N2O4/c1-3-27-21(24)19-14-17(6-9-20(19)23-10-12-26-13-11-23)22-15-16-4-7-18(25-2)8-5-16/h4-9,14,22H,3,10-13,15H2,1-2H3. The highest BCUT2D eigenvalue weighted by Crippen LogP contribution is 2.26. The number of ether oxygens (including phenoxy) is 3. The molecule has 0 radical (unpaired) electrons. The van der Waals surface area contributed by atoms with Crippen LogP contribution in [0.4, 0.5) is 11.4 Å². The van der Waals surface area contributed by atoms with Crippen LogP contribution in [0.15, 0.2) is 42.5 Å².